The summed E-state index contributed by atoms with van der Waals surface area (Å²) in [6.45, 7) is 2.12. The van der Waals surface area contributed by atoms with Gasteiger partial charge in [-0.1, -0.05) is 22.9 Å². The van der Waals surface area contributed by atoms with Crippen LogP contribution < -0.4 is 20.7 Å². The third-order valence-corrected chi connectivity index (χ3v) is 5.49. The molecule has 1 aliphatic heterocycles. The first-order chi connectivity index (χ1) is 16.1. The Morgan fingerprint density at radius 1 is 0.909 bits per heavy atom. The minimum atomic E-state index is -0.528. The Balaban J connectivity index is 1.40. The van der Waals surface area contributed by atoms with Gasteiger partial charge >= 0.3 is 5.69 Å². The Morgan fingerprint density at radius 3 is 2.55 bits per heavy atom. The smallest absolute Gasteiger partial charge is 0.333 e. The molecule has 3 aromatic carbocycles. The monoisotopic (exact) mass is 440 g/mol. The third-order valence-electron chi connectivity index (χ3n) is 5.49. The molecule has 1 aliphatic rings. The summed E-state index contributed by atoms with van der Waals surface area (Å²) < 4.78 is 17.3. The predicted octanol–water partition coefficient (Wildman–Crippen LogP) is 3.43. The largest absolute Gasteiger partial charge is 0.454 e. The molecule has 9 nitrogen and oxygen atoms in total. The summed E-state index contributed by atoms with van der Waals surface area (Å²) in [6, 6.07) is 17.5. The number of nitrogens with zero attached hydrogens (tertiary/aromatic N) is 3. The number of benzene rings is 3. The Hall–Kier alpha value is -4.66. The molecule has 0 unspecified atom stereocenters. The highest BCUT2D eigenvalue weighted by molar-refractivity contribution is 5.82. The van der Waals surface area contributed by atoms with Gasteiger partial charge in [-0.25, -0.2) is 9.36 Å². The van der Waals surface area contributed by atoms with E-state index in [9.17, 15) is 9.59 Å². The molecule has 0 amide bonds. The minimum absolute atomic E-state index is 0.178. The zero-order chi connectivity index (χ0) is 22.5. The molecule has 162 valence electrons. The summed E-state index contributed by atoms with van der Waals surface area (Å²) in [5.74, 6) is 1.92. The van der Waals surface area contributed by atoms with Crippen LogP contribution >= 0.6 is 0 Å². The number of aryl methyl sites for hydroxylation is 1. The van der Waals surface area contributed by atoms with E-state index in [0.29, 0.717) is 45.0 Å². The van der Waals surface area contributed by atoms with Crippen LogP contribution in [0.3, 0.4) is 0 Å². The van der Waals surface area contributed by atoms with E-state index in [-0.39, 0.29) is 12.7 Å². The van der Waals surface area contributed by atoms with E-state index in [1.54, 1.807) is 42.5 Å². The van der Waals surface area contributed by atoms with Gasteiger partial charge < -0.3 is 19.0 Å². The quantitative estimate of drug-likeness (QED) is 0.457. The van der Waals surface area contributed by atoms with Gasteiger partial charge in [0.25, 0.3) is 11.4 Å². The summed E-state index contributed by atoms with van der Waals surface area (Å²) in [5, 5.41) is 4.41. The van der Waals surface area contributed by atoms with E-state index < -0.39 is 11.2 Å². The number of hydrogen-bond donors (Lipinski definition) is 1. The van der Waals surface area contributed by atoms with Crippen molar-refractivity contribution in [2.24, 2.45) is 0 Å². The molecule has 0 spiro atoms. The molecular formula is C24H16N4O5. The second kappa shape index (κ2) is 7.20. The molecule has 6 rings (SSSR count). The molecule has 2 aromatic heterocycles. The highest BCUT2D eigenvalue weighted by atomic mass is 16.7. The van der Waals surface area contributed by atoms with Crippen LogP contribution in [0.15, 0.2) is 74.8 Å². The van der Waals surface area contributed by atoms with Crippen LogP contribution in [0.4, 0.5) is 0 Å². The molecule has 9 heteroatoms. The fraction of sp³-hybridized carbons (Fsp3) is 0.0833. The van der Waals surface area contributed by atoms with Gasteiger partial charge in [-0.15, -0.1) is 0 Å². The zero-order valence-corrected chi connectivity index (χ0v) is 17.4. The molecule has 0 saturated heterocycles. The van der Waals surface area contributed by atoms with Crippen LogP contribution in [-0.2, 0) is 0 Å². The van der Waals surface area contributed by atoms with Crippen LogP contribution in [-0.4, -0.2) is 26.5 Å². The number of hydrogen-bond acceptors (Lipinski definition) is 7. The van der Waals surface area contributed by atoms with Crippen molar-refractivity contribution in [3.8, 4) is 40.0 Å². The lowest BCUT2D eigenvalue weighted by Crippen LogP contribution is -2.33. The van der Waals surface area contributed by atoms with Crippen molar-refractivity contribution < 1.29 is 14.0 Å². The fourth-order valence-electron chi connectivity index (χ4n) is 3.77. The topological polar surface area (TPSA) is 112 Å². The number of aromatic amines is 1. The second-order valence-corrected chi connectivity index (χ2v) is 7.66. The van der Waals surface area contributed by atoms with Gasteiger partial charge in [-0.2, -0.15) is 4.98 Å². The first kappa shape index (κ1) is 19.1. The fourth-order valence-corrected chi connectivity index (χ4v) is 3.77. The van der Waals surface area contributed by atoms with Crippen molar-refractivity contribution in [1.29, 1.82) is 0 Å². The first-order valence-electron chi connectivity index (χ1n) is 10.2. The van der Waals surface area contributed by atoms with Gasteiger partial charge in [0.05, 0.1) is 16.6 Å². The van der Waals surface area contributed by atoms with Gasteiger partial charge in [0.15, 0.2) is 11.5 Å². The minimum Gasteiger partial charge on any atom is -0.454 e. The normalized spacial score (nSPS) is 12.4. The van der Waals surface area contributed by atoms with Crippen molar-refractivity contribution in [3.63, 3.8) is 0 Å². The average molecular weight is 440 g/mol. The lowest BCUT2D eigenvalue weighted by atomic mass is 10.1. The highest BCUT2D eigenvalue weighted by Gasteiger charge is 2.18. The Labute approximate surface area is 185 Å². The van der Waals surface area contributed by atoms with Crippen molar-refractivity contribution in [2.45, 2.75) is 6.92 Å². The van der Waals surface area contributed by atoms with Crippen molar-refractivity contribution in [3.05, 3.63) is 87.1 Å². The number of nitrogens with one attached hydrogen (secondary N) is 1. The summed E-state index contributed by atoms with van der Waals surface area (Å²) in [4.78, 5) is 33.0. The lowest BCUT2D eigenvalue weighted by molar-refractivity contribution is 0.174. The van der Waals surface area contributed by atoms with Crippen LogP contribution in [0.2, 0.25) is 0 Å². The molecule has 5 aromatic rings. The molecule has 0 atom stereocenters. The lowest BCUT2D eigenvalue weighted by Gasteiger charge is -2.07. The predicted molar refractivity (Wildman–Crippen MR) is 120 cm³/mol. The summed E-state index contributed by atoms with van der Waals surface area (Å²) in [7, 11) is 0. The van der Waals surface area contributed by atoms with Crippen molar-refractivity contribution in [2.75, 3.05) is 6.79 Å². The van der Waals surface area contributed by atoms with E-state index in [2.05, 4.69) is 15.1 Å². The van der Waals surface area contributed by atoms with Crippen molar-refractivity contribution in [1.82, 2.24) is 19.7 Å². The van der Waals surface area contributed by atoms with Crippen LogP contribution in [0, 0.1) is 6.92 Å². The van der Waals surface area contributed by atoms with E-state index >= 15 is 0 Å². The maximum Gasteiger partial charge on any atom is 0.333 e. The van der Waals surface area contributed by atoms with E-state index in [1.165, 1.54) is 0 Å². The molecule has 3 heterocycles. The Kier molecular flexibility index (Phi) is 4.16. The second-order valence-electron chi connectivity index (χ2n) is 7.66. The molecule has 33 heavy (non-hydrogen) atoms. The number of rotatable bonds is 3. The highest BCUT2D eigenvalue weighted by Crippen LogP contribution is 2.35. The van der Waals surface area contributed by atoms with Crippen LogP contribution in [0.1, 0.15) is 5.56 Å². The number of aromatic nitrogens is 4. The van der Waals surface area contributed by atoms with Gasteiger partial charge in [0, 0.05) is 11.1 Å². The first-order valence-corrected chi connectivity index (χ1v) is 10.2. The van der Waals surface area contributed by atoms with Crippen LogP contribution in [0.25, 0.3) is 39.4 Å². The molecule has 1 N–H and O–H groups in total. The van der Waals surface area contributed by atoms with Gasteiger partial charge in [0.1, 0.15) is 0 Å². The molecule has 0 aliphatic carbocycles. The van der Waals surface area contributed by atoms with Gasteiger partial charge in [-0.3, -0.25) is 4.79 Å². The molecule has 0 saturated carbocycles. The molecule has 0 fully saturated rings. The average Bonchev–Trinajstić information content (AvgIpc) is 3.49. The summed E-state index contributed by atoms with van der Waals surface area (Å²) >= 11 is 0. The number of H-pyrrole nitrogens is 1. The molecule has 0 radical (unpaired) electrons. The molecule has 0 bridgehead atoms. The maximum atomic E-state index is 13.0. The molecular weight excluding hydrogens is 424 g/mol. The van der Waals surface area contributed by atoms with Crippen LogP contribution in [0.5, 0.6) is 11.5 Å². The van der Waals surface area contributed by atoms with Gasteiger partial charge in [0.2, 0.25) is 12.6 Å². The van der Waals surface area contributed by atoms with E-state index in [0.717, 1.165) is 10.1 Å². The zero-order valence-electron chi connectivity index (χ0n) is 17.4. The third kappa shape index (κ3) is 3.18. The number of fused-ring (bicyclic) bond motifs is 2. The summed E-state index contributed by atoms with van der Waals surface area (Å²) in [6.07, 6.45) is 0. The van der Waals surface area contributed by atoms with E-state index in [4.69, 9.17) is 14.0 Å². The van der Waals surface area contributed by atoms with Crippen molar-refractivity contribution >= 4 is 10.9 Å². The Morgan fingerprint density at radius 2 is 1.70 bits per heavy atom. The van der Waals surface area contributed by atoms with E-state index in [1.807, 2.05) is 25.1 Å². The van der Waals surface area contributed by atoms with Gasteiger partial charge in [-0.05, 0) is 55.5 Å². The Bertz CT molecular complexity index is 1650. The maximum absolute atomic E-state index is 13.0. The number of ether oxygens (including phenoxy) is 2. The SMILES string of the molecule is Cc1ccc(-n2c(=O)[nH]c3cc(-c4nc(-c5ccc6c(c5)OCO6)no4)ccc3c2=O)cc1. The summed E-state index contributed by atoms with van der Waals surface area (Å²) in [5.41, 5.74) is 2.27. The standard InChI is InChI=1S/C24H16N4O5/c1-13-2-6-16(7-3-13)28-23(29)17-8-4-15(10-18(17)25-24(28)30)22-26-21(27-33-22)14-5-9-19-20(11-14)32-12-31-19/h2-11H,12H2,1H3,(H,25,30).